The van der Waals surface area contributed by atoms with Gasteiger partial charge in [0.1, 0.15) is 0 Å². The molecule has 1 saturated carbocycles. The number of nitrogens with zero attached hydrogens (tertiary/aromatic N) is 2. The van der Waals surface area contributed by atoms with Crippen molar-refractivity contribution in [3.63, 3.8) is 0 Å². The van der Waals surface area contributed by atoms with Gasteiger partial charge in [0.15, 0.2) is 0 Å². The van der Waals surface area contributed by atoms with E-state index in [1.807, 2.05) is 41.3 Å². The molecule has 0 unspecified atom stereocenters. The molecule has 0 bridgehead atoms. The molecule has 1 saturated heterocycles. The van der Waals surface area contributed by atoms with E-state index in [1.54, 1.807) is 0 Å². The van der Waals surface area contributed by atoms with E-state index < -0.39 is 0 Å². The fraction of sp³-hybridized carbons (Fsp3) is 0.355. The van der Waals surface area contributed by atoms with Gasteiger partial charge in [0.05, 0.1) is 17.3 Å². The third-order valence-corrected chi connectivity index (χ3v) is 7.54. The Morgan fingerprint density at radius 3 is 1.89 bits per heavy atom. The summed E-state index contributed by atoms with van der Waals surface area (Å²) in [5.74, 6) is -0.0378. The smallest absolute Gasteiger partial charge is 0.319 e. The molecule has 192 valence electrons. The molecule has 5 rings (SSSR count). The Kier molecular flexibility index (Phi) is 8.16. The van der Waals surface area contributed by atoms with Crippen LogP contribution in [0.3, 0.4) is 0 Å². The zero-order chi connectivity index (χ0) is 25.5. The van der Waals surface area contributed by atoms with Crippen molar-refractivity contribution in [3.05, 3.63) is 102 Å². The minimum atomic E-state index is -0.231. The van der Waals surface area contributed by atoms with Crippen LogP contribution in [0.2, 0.25) is 0 Å². The number of piperazine rings is 1. The second-order valence-corrected chi connectivity index (χ2v) is 10.0. The summed E-state index contributed by atoms with van der Waals surface area (Å²) in [5.41, 5.74) is 3.62. The highest BCUT2D eigenvalue weighted by Gasteiger charge is 2.29. The number of nitrogens with one attached hydrogen (secondary N) is 2. The largest absolute Gasteiger partial charge is 0.336 e. The number of carbonyl (C=O) groups is 2. The zero-order valence-electron chi connectivity index (χ0n) is 21.3. The van der Waals surface area contributed by atoms with E-state index in [0.29, 0.717) is 24.3 Å². The van der Waals surface area contributed by atoms with Gasteiger partial charge in [0.25, 0.3) is 5.91 Å². The van der Waals surface area contributed by atoms with Crippen molar-refractivity contribution in [2.45, 2.75) is 44.2 Å². The fourth-order valence-corrected chi connectivity index (χ4v) is 5.61. The lowest BCUT2D eigenvalue weighted by Gasteiger charge is -2.40. The zero-order valence-corrected chi connectivity index (χ0v) is 21.3. The number of anilines is 1. The third-order valence-electron chi connectivity index (χ3n) is 7.54. The van der Waals surface area contributed by atoms with Crippen LogP contribution in [0.25, 0.3) is 0 Å². The van der Waals surface area contributed by atoms with Crippen LogP contribution >= 0.6 is 0 Å². The van der Waals surface area contributed by atoms with Gasteiger partial charge in [-0.3, -0.25) is 9.69 Å². The summed E-state index contributed by atoms with van der Waals surface area (Å²) in [6.07, 6.45) is 5.58. The number of para-hydroxylation sites is 1. The summed E-state index contributed by atoms with van der Waals surface area (Å²) in [6.45, 7) is 2.82. The number of rotatable bonds is 6. The van der Waals surface area contributed by atoms with Gasteiger partial charge in [-0.2, -0.15) is 0 Å². The van der Waals surface area contributed by atoms with Crippen molar-refractivity contribution in [2.75, 3.05) is 31.5 Å². The molecule has 3 aromatic carbocycles. The first-order chi connectivity index (χ1) is 18.2. The quantitative estimate of drug-likeness (QED) is 0.461. The number of hydrogen-bond donors (Lipinski definition) is 2. The number of benzene rings is 3. The molecule has 37 heavy (non-hydrogen) atoms. The summed E-state index contributed by atoms with van der Waals surface area (Å²) < 4.78 is 0. The second-order valence-electron chi connectivity index (χ2n) is 10.0. The molecule has 1 aliphatic heterocycles. The van der Waals surface area contributed by atoms with Crippen molar-refractivity contribution in [1.82, 2.24) is 15.1 Å². The Labute approximate surface area is 219 Å². The van der Waals surface area contributed by atoms with Gasteiger partial charge in [0.2, 0.25) is 0 Å². The van der Waals surface area contributed by atoms with Crippen LogP contribution < -0.4 is 10.6 Å². The molecular formula is C31H36N4O2. The maximum absolute atomic E-state index is 13.5. The van der Waals surface area contributed by atoms with E-state index in [4.69, 9.17) is 0 Å². The molecule has 1 aliphatic carbocycles. The van der Waals surface area contributed by atoms with Gasteiger partial charge in [-0.15, -0.1) is 0 Å². The van der Waals surface area contributed by atoms with Crippen LogP contribution in [0.4, 0.5) is 10.5 Å². The molecule has 2 N–H and O–H groups in total. The summed E-state index contributed by atoms with van der Waals surface area (Å²) in [7, 11) is 0. The molecule has 3 aromatic rings. The minimum absolute atomic E-state index is 0.0378. The monoisotopic (exact) mass is 496 g/mol. The highest BCUT2D eigenvalue weighted by atomic mass is 16.2. The number of amides is 3. The molecule has 2 fully saturated rings. The van der Waals surface area contributed by atoms with Crippen LogP contribution in [0.15, 0.2) is 84.9 Å². The Bertz CT molecular complexity index is 1130. The predicted molar refractivity (Wildman–Crippen MR) is 148 cm³/mol. The van der Waals surface area contributed by atoms with Gasteiger partial charge < -0.3 is 15.5 Å². The van der Waals surface area contributed by atoms with Crippen molar-refractivity contribution in [2.24, 2.45) is 0 Å². The van der Waals surface area contributed by atoms with Crippen molar-refractivity contribution < 1.29 is 9.59 Å². The van der Waals surface area contributed by atoms with E-state index >= 15 is 0 Å². The molecule has 0 spiro atoms. The van der Waals surface area contributed by atoms with Crippen molar-refractivity contribution in [1.29, 1.82) is 0 Å². The molecule has 6 heteroatoms. The fourth-order valence-electron chi connectivity index (χ4n) is 5.61. The van der Waals surface area contributed by atoms with Crippen molar-refractivity contribution >= 4 is 17.6 Å². The van der Waals surface area contributed by atoms with E-state index in [9.17, 15) is 9.59 Å². The predicted octanol–water partition coefficient (Wildman–Crippen LogP) is 5.69. The number of carbonyl (C=O) groups excluding carboxylic acids is 2. The minimum Gasteiger partial charge on any atom is -0.336 e. The molecule has 0 atom stereocenters. The molecule has 1 heterocycles. The Hall–Kier alpha value is -3.64. The number of hydrogen-bond acceptors (Lipinski definition) is 3. The van der Waals surface area contributed by atoms with Crippen LogP contribution in [0.5, 0.6) is 0 Å². The van der Waals surface area contributed by atoms with Crippen LogP contribution in [0, 0.1) is 0 Å². The van der Waals surface area contributed by atoms with Gasteiger partial charge in [-0.25, -0.2) is 4.79 Å². The van der Waals surface area contributed by atoms with E-state index in [1.165, 1.54) is 17.5 Å². The average Bonchev–Trinajstić information content (AvgIpc) is 2.95. The SMILES string of the molecule is O=C(Nc1ccccc1C(=O)N1CCN(C(c2ccccc2)c2ccccc2)CC1)NC1CCCCC1. The van der Waals surface area contributed by atoms with Gasteiger partial charge >= 0.3 is 6.03 Å². The first-order valence-corrected chi connectivity index (χ1v) is 13.5. The molecule has 2 aliphatic rings. The van der Waals surface area contributed by atoms with E-state index in [2.05, 4.69) is 64.1 Å². The molecular weight excluding hydrogens is 460 g/mol. The van der Waals surface area contributed by atoms with Crippen molar-refractivity contribution in [3.8, 4) is 0 Å². The van der Waals surface area contributed by atoms with Crippen LogP contribution in [-0.4, -0.2) is 54.0 Å². The summed E-state index contributed by atoms with van der Waals surface area (Å²) in [6, 6.07) is 28.6. The molecule has 0 aromatic heterocycles. The summed E-state index contributed by atoms with van der Waals surface area (Å²) in [5, 5.41) is 6.02. The highest BCUT2D eigenvalue weighted by molar-refractivity contribution is 6.03. The molecule has 6 nitrogen and oxygen atoms in total. The van der Waals surface area contributed by atoms with Gasteiger partial charge in [0, 0.05) is 32.2 Å². The normalized spacial score (nSPS) is 16.9. The number of urea groups is 1. The lowest BCUT2D eigenvalue weighted by Crippen LogP contribution is -2.50. The van der Waals surface area contributed by atoms with E-state index in [0.717, 1.165) is 38.8 Å². The maximum atomic E-state index is 13.5. The van der Waals surface area contributed by atoms with Gasteiger partial charge in [-0.1, -0.05) is 92.1 Å². The molecule has 3 amide bonds. The maximum Gasteiger partial charge on any atom is 0.319 e. The Balaban J connectivity index is 1.25. The first kappa shape index (κ1) is 25.0. The summed E-state index contributed by atoms with van der Waals surface area (Å²) in [4.78, 5) is 30.6. The average molecular weight is 497 g/mol. The van der Waals surface area contributed by atoms with Crippen LogP contribution in [0.1, 0.15) is 59.6 Å². The van der Waals surface area contributed by atoms with Gasteiger partial charge in [-0.05, 0) is 36.1 Å². The molecule has 0 radical (unpaired) electrons. The van der Waals surface area contributed by atoms with E-state index in [-0.39, 0.29) is 24.0 Å². The standard InChI is InChI=1S/C31H36N4O2/c36-30(27-18-10-11-19-28(27)33-31(37)32-26-16-8-3-9-17-26)35-22-20-34(21-23-35)29(24-12-4-1-5-13-24)25-14-6-2-7-15-25/h1-2,4-7,10-15,18-19,26,29H,3,8-9,16-17,20-23H2,(H2,32,33,37). The topological polar surface area (TPSA) is 64.7 Å². The first-order valence-electron chi connectivity index (χ1n) is 13.5. The Morgan fingerprint density at radius 1 is 0.703 bits per heavy atom. The Morgan fingerprint density at radius 2 is 1.27 bits per heavy atom. The lowest BCUT2D eigenvalue weighted by molar-refractivity contribution is 0.0598. The lowest BCUT2D eigenvalue weighted by atomic mass is 9.96. The summed E-state index contributed by atoms with van der Waals surface area (Å²) >= 11 is 0. The third kappa shape index (κ3) is 6.20. The highest BCUT2D eigenvalue weighted by Crippen LogP contribution is 2.30. The van der Waals surface area contributed by atoms with Crippen LogP contribution in [-0.2, 0) is 0 Å². The second kappa shape index (κ2) is 12.1.